The number of carbonyl (C=O) groups is 2. The number of benzene rings is 3. The lowest BCUT2D eigenvalue weighted by Crippen LogP contribution is -2.30. The maximum Gasteiger partial charge on any atom is 0.338 e. The van der Waals surface area contributed by atoms with Gasteiger partial charge in [-0.15, -0.1) is 0 Å². The van der Waals surface area contributed by atoms with Gasteiger partial charge in [-0.1, -0.05) is 6.07 Å². The van der Waals surface area contributed by atoms with Crippen molar-refractivity contribution in [3.8, 4) is 5.75 Å². The monoisotopic (exact) mass is 499 g/mol. The predicted molar refractivity (Wildman–Crippen MR) is 127 cm³/mol. The van der Waals surface area contributed by atoms with Crippen LogP contribution in [0.25, 0.3) is 0 Å². The molecule has 0 spiro atoms. The van der Waals surface area contributed by atoms with Crippen LogP contribution in [0.2, 0.25) is 0 Å². The Morgan fingerprint density at radius 1 is 0.971 bits per heavy atom. The van der Waals surface area contributed by atoms with Crippen LogP contribution in [0.1, 0.15) is 17.3 Å². The van der Waals surface area contributed by atoms with Crippen molar-refractivity contribution >= 4 is 39.0 Å². The number of ether oxygens (including phenoxy) is 2. The second kappa shape index (κ2) is 10.7. The number of esters is 1. The molecule has 0 fully saturated rings. The second-order valence-electron chi connectivity index (χ2n) is 7.20. The van der Waals surface area contributed by atoms with Gasteiger partial charge in [-0.25, -0.2) is 13.2 Å². The summed E-state index contributed by atoms with van der Waals surface area (Å²) in [7, 11) is -2.41. The number of sulfonamides is 1. The maximum atomic E-state index is 12.6. The number of methoxy groups -OCH3 is 1. The lowest BCUT2D eigenvalue weighted by Gasteiger charge is -2.14. The van der Waals surface area contributed by atoms with Gasteiger partial charge in [0.15, 0.2) is 6.10 Å². The minimum atomic E-state index is -3.91. The summed E-state index contributed by atoms with van der Waals surface area (Å²) < 4.78 is 37.8. The van der Waals surface area contributed by atoms with E-state index in [2.05, 4.69) is 10.0 Å². The number of nitrogens with one attached hydrogen (secondary N) is 2. The molecular weight excluding hydrogens is 478 g/mol. The van der Waals surface area contributed by atoms with E-state index in [9.17, 15) is 28.1 Å². The first-order chi connectivity index (χ1) is 16.6. The van der Waals surface area contributed by atoms with Crippen molar-refractivity contribution in [1.82, 2.24) is 0 Å². The van der Waals surface area contributed by atoms with Crippen molar-refractivity contribution in [2.75, 3.05) is 17.1 Å². The zero-order chi connectivity index (χ0) is 25.6. The Hall–Kier alpha value is -4.45. The third kappa shape index (κ3) is 6.54. The van der Waals surface area contributed by atoms with E-state index in [0.29, 0.717) is 11.4 Å². The molecule has 0 aliphatic carbocycles. The molecule has 2 N–H and O–H groups in total. The molecule has 1 amide bonds. The summed E-state index contributed by atoms with van der Waals surface area (Å²) in [6, 6.07) is 16.6. The van der Waals surface area contributed by atoms with Gasteiger partial charge in [-0.05, 0) is 61.5 Å². The van der Waals surface area contributed by atoms with Gasteiger partial charge in [-0.3, -0.25) is 19.6 Å². The van der Waals surface area contributed by atoms with E-state index in [0.717, 1.165) is 0 Å². The largest absolute Gasteiger partial charge is 0.497 e. The fourth-order valence-corrected chi connectivity index (χ4v) is 3.93. The van der Waals surface area contributed by atoms with Crippen LogP contribution in [-0.4, -0.2) is 38.4 Å². The van der Waals surface area contributed by atoms with E-state index in [-0.39, 0.29) is 21.8 Å². The zero-order valence-corrected chi connectivity index (χ0v) is 19.4. The highest BCUT2D eigenvalue weighted by atomic mass is 32.2. The molecule has 0 aliphatic rings. The van der Waals surface area contributed by atoms with Crippen LogP contribution in [0.15, 0.2) is 77.7 Å². The van der Waals surface area contributed by atoms with Crippen molar-refractivity contribution in [3.63, 3.8) is 0 Å². The fraction of sp³-hybridized carbons (Fsp3) is 0.130. The number of nitro benzene ring substituents is 1. The van der Waals surface area contributed by atoms with Crippen molar-refractivity contribution in [2.45, 2.75) is 17.9 Å². The van der Waals surface area contributed by atoms with Crippen LogP contribution in [-0.2, 0) is 19.6 Å². The van der Waals surface area contributed by atoms with E-state index in [1.54, 1.807) is 24.3 Å². The van der Waals surface area contributed by atoms with Crippen molar-refractivity contribution in [1.29, 1.82) is 0 Å². The van der Waals surface area contributed by atoms with Gasteiger partial charge in [0.1, 0.15) is 5.75 Å². The number of rotatable bonds is 9. The van der Waals surface area contributed by atoms with Crippen LogP contribution < -0.4 is 14.8 Å². The lowest BCUT2D eigenvalue weighted by molar-refractivity contribution is -0.384. The summed E-state index contributed by atoms with van der Waals surface area (Å²) in [6.45, 7) is 1.34. The predicted octanol–water partition coefficient (Wildman–Crippen LogP) is 3.59. The van der Waals surface area contributed by atoms with E-state index in [4.69, 9.17) is 9.47 Å². The quantitative estimate of drug-likeness (QED) is 0.257. The summed E-state index contributed by atoms with van der Waals surface area (Å²) in [5.41, 5.74) is 0.330. The van der Waals surface area contributed by atoms with Crippen molar-refractivity contribution in [2.24, 2.45) is 0 Å². The number of hydrogen-bond donors (Lipinski definition) is 2. The number of amides is 1. The van der Waals surface area contributed by atoms with Gasteiger partial charge < -0.3 is 14.8 Å². The van der Waals surface area contributed by atoms with Crippen molar-refractivity contribution < 1.29 is 32.4 Å². The first kappa shape index (κ1) is 25.2. The van der Waals surface area contributed by atoms with Crippen LogP contribution in [0.4, 0.5) is 17.1 Å². The Labute approximate surface area is 200 Å². The molecule has 0 saturated heterocycles. The molecule has 0 saturated carbocycles. The number of hydrogen-bond acceptors (Lipinski definition) is 8. The Balaban J connectivity index is 1.62. The number of nitrogens with zero attached hydrogens (tertiary/aromatic N) is 1. The number of anilines is 2. The number of nitro groups is 1. The molecule has 182 valence electrons. The van der Waals surface area contributed by atoms with Gasteiger partial charge in [0.2, 0.25) is 0 Å². The highest BCUT2D eigenvalue weighted by Crippen LogP contribution is 2.20. The Morgan fingerprint density at radius 3 is 2.23 bits per heavy atom. The first-order valence-electron chi connectivity index (χ1n) is 10.1. The Bertz CT molecular complexity index is 1340. The molecule has 3 rings (SSSR count). The molecule has 0 bridgehead atoms. The molecule has 12 heteroatoms. The van der Waals surface area contributed by atoms with Gasteiger partial charge in [-0.2, -0.15) is 0 Å². The zero-order valence-electron chi connectivity index (χ0n) is 18.6. The van der Waals surface area contributed by atoms with Gasteiger partial charge in [0, 0.05) is 23.5 Å². The highest BCUT2D eigenvalue weighted by molar-refractivity contribution is 7.92. The minimum absolute atomic E-state index is 0.0309. The molecule has 1 unspecified atom stereocenters. The van der Waals surface area contributed by atoms with E-state index < -0.39 is 32.9 Å². The summed E-state index contributed by atoms with van der Waals surface area (Å²) in [6.07, 6.45) is -1.22. The van der Waals surface area contributed by atoms with Crippen LogP contribution in [0.5, 0.6) is 5.75 Å². The molecule has 0 aliphatic heterocycles. The molecule has 0 radical (unpaired) electrons. The van der Waals surface area contributed by atoms with Gasteiger partial charge >= 0.3 is 5.97 Å². The van der Waals surface area contributed by atoms with Crippen LogP contribution in [0, 0.1) is 10.1 Å². The third-order valence-electron chi connectivity index (χ3n) is 4.72. The smallest absolute Gasteiger partial charge is 0.338 e. The molecular formula is C23H21N3O8S. The first-order valence-corrected chi connectivity index (χ1v) is 11.6. The SMILES string of the molecule is COc1ccc(NS(=O)(=O)c2ccc(C(=O)OC(C)C(=O)Nc3cccc([N+](=O)[O-])c3)cc2)cc1. The average Bonchev–Trinajstić information content (AvgIpc) is 2.84. The highest BCUT2D eigenvalue weighted by Gasteiger charge is 2.21. The lowest BCUT2D eigenvalue weighted by atomic mass is 10.2. The molecule has 11 nitrogen and oxygen atoms in total. The molecule has 3 aromatic rings. The second-order valence-corrected chi connectivity index (χ2v) is 8.89. The van der Waals surface area contributed by atoms with Gasteiger partial charge in [0.05, 0.1) is 22.5 Å². The Kier molecular flexibility index (Phi) is 7.66. The average molecular weight is 500 g/mol. The number of non-ortho nitro benzene ring substituents is 1. The van der Waals surface area contributed by atoms with Crippen LogP contribution >= 0.6 is 0 Å². The molecule has 0 aromatic heterocycles. The topological polar surface area (TPSA) is 154 Å². The molecule has 3 aromatic carbocycles. The summed E-state index contributed by atoms with van der Waals surface area (Å²) in [4.78, 5) is 34.9. The van der Waals surface area contributed by atoms with Gasteiger partial charge in [0.25, 0.3) is 21.6 Å². The maximum absolute atomic E-state index is 12.6. The molecule has 0 heterocycles. The van der Waals surface area contributed by atoms with E-state index >= 15 is 0 Å². The fourth-order valence-electron chi connectivity index (χ4n) is 2.87. The Morgan fingerprint density at radius 2 is 1.63 bits per heavy atom. The number of carbonyl (C=O) groups excluding carboxylic acids is 2. The normalized spacial score (nSPS) is 11.7. The third-order valence-corrected chi connectivity index (χ3v) is 6.12. The molecule has 1 atom stereocenters. The summed E-state index contributed by atoms with van der Waals surface area (Å²) >= 11 is 0. The standard InChI is InChI=1S/C23H21N3O8S/c1-15(22(27)24-18-4-3-5-19(14-18)26(29)30)34-23(28)16-6-12-21(13-7-16)35(31,32)25-17-8-10-20(33-2)11-9-17/h3-15,25H,1-2H3,(H,24,27). The summed E-state index contributed by atoms with van der Waals surface area (Å²) in [5, 5.41) is 13.3. The minimum Gasteiger partial charge on any atom is -0.497 e. The van der Waals surface area contributed by atoms with Crippen LogP contribution in [0.3, 0.4) is 0 Å². The van der Waals surface area contributed by atoms with E-state index in [1.165, 1.54) is 62.6 Å². The van der Waals surface area contributed by atoms with E-state index in [1.807, 2.05) is 0 Å². The summed E-state index contributed by atoms with van der Waals surface area (Å²) in [5.74, 6) is -0.968. The molecule has 35 heavy (non-hydrogen) atoms. The van der Waals surface area contributed by atoms with Crippen molar-refractivity contribution in [3.05, 3.63) is 88.5 Å².